The Morgan fingerprint density at radius 3 is 2.36 bits per heavy atom. The average molecular weight is 335 g/mol. The van der Waals surface area contributed by atoms with Gasteiger partial charge >= 0.3 is 0 Å². The third kappa shape index (κ3) is 4.07. The van der Waals surface area contributed by atoms with Crippen molar-refractivity contribution in [3.05, 3.63) is 72.1 Å². The smallest absolute Gasteiger partial charge is 0.227 e. The number of anilines is 1. The van der Waals surface area contributed by atoms with Crippen LogP contribution < -0.4 is 10.1 Å². The molecule has 0 aliphatic carbocycles. The van der Waals surface area contributed by atoms with Crippen LogP contribution in [0.3, 0.4) is 0 Å². The maximum atomic E-state index is 12.2. The first-order valence-electron chi connectivity index (χ1n) is 8.24. The van der Waals surface area contributed by atoms with Gasteiger partial charge in [0.1, 0.15) is 5.75 Å². The second-order valence-corrected chi connectivity index (χ2v) is 5.75. The fourth-order valence-corrected chi connectivity index (χ4v) is 2.62. The van der Waals surface area contributed by atoms with Crippen LogP contribution in [0.5, 0.6) is 5.75 Å². The molecule has 3 aromatic rings. The highest BCUT2D eigenvalue weighted by Gasteiger charge is 2.15. The van der Waals surface area contributed by atoms with Gasteiger partial charge in [-0.2, -0.15) is 5.10 Å². The van der Waals surface area contributed by atoms with E-state index in [2.05, 4.69) is 10.4 Å². The number of nitrogens with zero attached hydrogens (tertiary/aromatic N) is 2. The molecule has 5 nitrogen and oxygen atoms in total. The minimum Gasteiger partial charge on any atom is -0.493 e. The number of carbonyl (C=O) groups excluding carboxylic acids is 1. The number of ether oxygens (including phenoxy) is 1. The number of para-hydroxylation sites is 2. The summed E-state index contributed by atoms with van der Waals surface area (Å²) in [4.78, 5) is 12.2. The zero-order valence-electron chi connectivity index (χ0n) is 14.4. The maximum absolute atomic E-state index is 12.2. The van der Waals surface area contributed by atoms with Gasteiger partial charge in [0.25, 0.3) is 0 Å². The normalized spacial score (nSPS) is 10.5. The number of nitrogens with one attached hydrogen (secondary N) is 1. The van der Waals surface area contributed by atoms with Gasteiger partial charge in [-0.25, -0.2) is 4.68 Å². The number of aryl methyl sites for hydroxylation is 1. The van der Waals surface area contributed by atoms with Crippen molar-refractivity contribution in [1.29, 1.82) is 0 Å². The molecule has 0 saturated carbocycles. The summed E-state index contributed by atoms with van der Waals surface area (Å²) in [6.07, 6.45) is 0.282. The fraction of sp³-hybridized carbons (Fsp3) is 0.200. The third-order valence-electron chi connectivity index (χ3n) is 3.90. The van der Waals surface area contributed by atoms with E-state index >= 15 is 0 Å². The molecule has 1 heterocycles. The summed E-state index contributed by atoms with van der Waals surface area (Å²) in [5, 5.41) is 7.48. The quantitative estimate of drug-likeness (QED) is 0.743. The monoisotopic (exact) mass is 335 g/mol. The van der Waals surface area contributed by atoms with Gasteiger partial charge in [0.2, 0.25) is 5.91 Å². The summed E-state index contributed by atoms with van der Waals surface area (Å²) in [7, 11) is 0. The molecule has 0 atom stereocenters. The fourth-order valence-electron chi connectivity index (χ4n) is 2.62. The molecule has 25 heavy (non-hydrogen) atoms. The van der Waals surface area contributed by atoms with Gasteiger partial charge in [-0.05, 0) is 38.1 Å². The van der Waals surface area contributed by atoms with Crippen LogP contribution in [0.15, 0.2) is 60.7 Å². The van der Waals surface area contributed by atoms with Crippen LogP contribution in [-0.2, 0) is 4.79 Å². The average Bonchev–Trinajstić information content (AvgIpc) is 2.91. The predicted molar refractivity (Wildman–Crippen MR) is 98.2 cm³/mol. The standard InChI is InChI=1S/C20H21N3O2/c1-15-20(16(2)23(22-15)17-9-5-3-6-10-17)21-19(24)13-14-25-18-11-7-4-8-12-18/h3-12H,13-14H2,1-2H3,(H,21,24). The van der Waals surface area contributed by atoms with Gasteiger partial charge in [0.05, 0.1) is 35.8 Å². The largest absolute Gasteiger partial charge is 0.493 e. The van der Waals surface area contributed by atoms with E-state index in [1.54, 1.807) is 0 Å². The van der Waals surface area contributed by atoms with Crippen LogP contribution >= 0.6 is 0 Å². The Morgan fingerprint density at radius 2 is 1.68 bits per heavy atom. The summed E-state index contributed by atoms with van der Waals surface area (Å²) in [6, 6.07) is 19.3. The highest BCUT2D eigenvalue weighted by molar-refractivity contribution is 5.92. The molecule has 0 aliphatic heterocycles. The van der Waals surface area contributed by atoms with Crippen LogP contribution in [0.2, 0.25) is 0 Å². The van der Waals surface area contributed by atoms with Crippen molar-refractivity contribution in [1.82, 2.24) is 9.78 Å². The Kier molecular flexibility index (Phi) is 5.14. The summed E-state index contributed by atoms with van der Waals surface area (Å²) in [5.41, 5.74) is 3.42. The van der Waals surface area contributed by atoms with Crippen molar-refractivity contribution >= 4 is 11.6 Å². The van der Waals surface area contributed by atoms with Gasteiger partial charge in [-0.15, -0.1) is 0 Å². The number of amides is 1. The Labute approximate surface area is 147 Å². The molecule has 0 aliphatic rings. The van der Waals surface area contributed by atoms with Gasteiger partial charge in [-0.1, -0.05) is 36.4 Å². The number of aromatic nitrogens is 2. The first-order valence-corrected chi connectivity index (χ1v) is 8.24. The molecule has 1 aromatic heterocycles. The topological polar surface area (TPSA) is 56.2 Å². The zero-order chi connectivity index (χ0) is 17.6. The van der Waals surface area contributed by atoms with E-state index in [0.29, 0.717) is 6.61 Å². The number of rotatable bonds is 6. The van der Waals surface area contributed by atoms with E-state index < -0.39 is 0 Å². The molecule has 1 amide bonds. The Morgan fingerprint density at radius 1 is 1.04 bits per heavy atom. The molecule has 0 saturated heterocycles. The molecule has 3 rings (SSSR count). The van der Waals surface area contributed by atoms with Gasteiger partial charge in [-0.3, -0.25) is 4.79 Å². The second-order valence-electron chi connectivity index (χ2n) is 5.75. The number of carbonyl (C=O) groups is 1. The molecule has 0 fully saturated rings. The lowest BCUT2D eigenvalue weighted by Gasteiger charge is -2.08. The van der Waals surface area contributed by atoms with Crippen molar-refractivity contribution in [3.8, 4) is 11.4 Å². The lowest BCUT2D eigenvalue weighted by molar-refractivity contribution is -0.116. The van der Waals surface area contributed by atoms with E-state index in [9.17, 15) is 4.79 Å². The molecule has 5 heteroatoms. The predicted octanol–water partition coefficient (Wildman–Crippen LogP) is 3.90. The van der Waals surface area contributed by atoms with E-state index in [1.165, 1.54) is 0 Å². The SMILES string of the molecule is Cc1nn(-c2ccccc2)c(C)c1NC(=O)CCOc1ccccc1. The third-order valence-corrected chi connectivity index (χ3v) is 3.90. The lowest BCUT2D eigenvalue weighted by atomic mass is 10.2. The van der Waals surface area contributed by atoms with Crippen LogP contribution in [0.25, 0.3) is 5.69 Å². The minimum atomic E-state index is -0.0882. The Balaban J connectivity index is 1.63. The molecule has 1 N–H and O–H groups in total. The van der Waals surface area contributed by atoms with Crippen LogP contribution in [-0.4, -0.2) is 22.3 Å². The molecule has 0 radical (unpaired) electrons. The van der Waals surface area contributed by atoms with Crippen LogP contribution in [0, 0.1) is 13.8 Å². The van der Waals surface area contributed by atoms with E-state index in [-0.39, 0.29) is 12.3 Å². The van der Waals surface area contributed by atoms with E-state index in [4.69, 9.17) is 4.74 Å². The maximum Gasteiger partial charge on any atom is 0.227 e. The van der Waals surface area contributed by atoms with Crippen LogP contribution in [0.4, 0.5) is 5.69 Å². The number of benzene rings is 2. The highest BCUT2D eigenvalue weighted by Crippen LogP contribution is 2.22. The molecule has 128 valence electrons. The first-order chi connectivity index (χ1) is 12.1. The molecular weight excluding hydrogens is 314 g/mol. The molecule has 0 bridgehead atoms. The number of hydrogen-bond donors (Lipinski definition) is 1. The second kappa shape index (κ2) is 7.66. The number of hydrogen-bond acceptors (Lipinski definition) is 3. The molecular formula is C20H21N3O2. The van der Waals surface area contributed by atoms with Gasteiger partial charge in [0, 0.05) is 0 Å². The summed E-state index contributed by atoms with van der Waals surface area (Å²) >= 11 is 0. The van der Waals surface area contributed by atoms with E-state index in [1.807, 2.05) is 79.2 Å². The highest BCUT2D eigenvalue weighted by atomic mass is 16.5. The Hall–Kier alpha value is -3.08. The van der Waals surface area contributed by atoms with Crippen molar-refractivity contribution in [2.24, 2.45) is 0 Å². The van der Waals surface area contributed by atoms with Crippen molar-refractivity contribution in [2.75, 3.05) is 11.9 Å². The van der Waals surface area contributed by atoms with Gasteiger partial charge in [0.15, 0.2) is 0 Å². The molecule has 0 spiro atoms. The van der Waals surface area contributed by atoms with Crippen LogP contribution in [0.1, 0.15) is 17.8 Å². The molecule has 0 unspecified atom stereocenters. The van der Waals surface area contributed by atoms with E-state index in [0.717, 1.165) is 28.5 Å². The lowest BCUT2D eigenvalue weighted by Crippen LogP contribution is -2.16. The molecule has 2 aromatic carbocycles. The van der Waals surface area contributed by atoms with Gasteiger partial charge < -0.3 is 10.1 Å². The minimum absolute atomic E-state index is 0.0882. The zero-order valence-corrected chi connectivity index (χ0v) is 14.4. The summed E-state index contributed by atoms with van der Waals surface area (Å²) < 4.78 is 7.41. The summed E-state index contributed by atoms with van der Waals surface area (Å²) in [5.74, 6) is 0.675. The first kappa shape index (κ1) is 16.8. The Bertz CT molecular complexity index is 842. The van der Waals surface area contributed by atoms with Crippen molar-refractivity contribution in [2.45, 2.75) is 20.3 Å². The van der Waals surface area contributed by atoms with Crippen molar-refractivity contribution < 1.29 is 9.53 Å². The van der Waals surface area contributed by atoms with Crippen molar-refractivity contribution in [3.63, 3.8) is 0 Å². The summed E-state index contributed by atoms with van der Waals surface area (Å²) in [6.45, 7) is 4.17.